The molecule has 2 rings (SSSR count). The van der Waals surface area contributed by atoms with E-state index in [1.54, 1.807) is 31.2 Å². The highest BCUT2D eigenvalue weighted by Crippen LogP contribution is 2.23. The molecule has 0 saturated heterocycles. The van der Waals surface area contributed by atoms with Crippen molar-refractivity contribution in [3.05, 3.63) is 63.1 Å². The van der Waals surface area contributed by atoms with E-state index in [2.05, 4.69) is 15.9 Å². The third kappa shape index (κ3) is 3.99. The Hall–Kier alpha value is -1.52. The predicted octanol–water partition coefficient (Wildman–Crippen LogP) is 4.38. The molecule has 0 bridgehead atoms. The zero-order chi connectivity index (χ0) is 15.4. The molecule has 2 aromatic rings. The smallest absolute Gasteiger partial charge is 0.255 e. The van der Waals surface area contributed by atoms with Crippen LogP contribution in [0.3, 0.4) is 0 Å². The second-order valence-corrected chi connectivity index (χ2v) is 5.96. The molecule has 0 aliphatic carbocycles. The van der Waals surface area contributed by atoms with Crippen molar-refractivity contribution in [1.29, 1.82) is 0 Å². The molecule has 0 atom stereocenters. The van der Waals surface area contributed by atoms with Gasteiger partial charge in [-0.15, -0.1) is 0 Å². The van der Waals surface area contributed by atoms with E-state index in [1.165, 1.54) is 0 Å². The number of hydrogen-bond acceptors (Lipinski definition) is 2. The van der Waals surface area contributed by atoms with Crippen LogP contribution in [0.15, 0.2) is 46.9 Å². The number of carbonyl (C=O) groups excluding carboxylic acids is 1. The number of hydrogen-bond donors (Lipinski definition) is 0. The first-order chi connectivity index (χ1) is 10.0. The lowest BCUT2D eigenvalue weighted by molar-refractivity contribution is 0.0785. The first-order valence-corrected chi connectivity index (χ1v) is 7.52. The molecule has 2 aromatic carbocycles. The number of halogens is 2. The van der Waals surface area contributed by atoms with Crippen molar-refractivity contribution in [2.24, 2.45) is 0 Å². The fourth-order valence-corrected chi connectivity index (χ4v) is 2.50. The second-order valence-electron chi connectivity index (χ2n) is 4.63. The molecular formula is C16H15BrClNO2. The fourth-order valence-electron chi connectivity index (χ4n) is 1.94. The minimum Gasteiger partial charge on any atom is -0.497 e. The van der Waals surface area contributed by atoms with Gasteiger partial charge < -0.3 is 9.64 Å². The number of methoxy groups -OCH3 is 1. The van der Waals surface area contributed by atoms with E-state index < -0.39 is 0 Å². The standard InChI is InChI=1S/C16H15BrClNO2/c1-19(10-11-3-6-13(21-2)7-4-11)16(20)14-9-12(17)5-8-15(14)18/h3-9H,10H2,1-2H3. The number of nitrogens with zero attached hydrogens (tertiary/aromatic N) is 1. The Kier molecular flexibility index (Phi) is 5.26. The van der Waals surface area contributed by atoms with Gasteiger partial charge in [0.2, 0.25) is 0 Å². The first-order valence-electron chi connectivity index (χ1n) is 6.34. The van der Waals surface area contributed by atoms with Crippen molar-refractivity contribution in [2.45, 2.75) is 6.54 Å². The molecule has 0 aromatic heterocycles. The number of ether oxygens (including phenoxy) is 1. The van der Waals surface area contributed by atoms with Gasteiger partial charge >= 0.3 is 0 Å². The summed E-state index contributed by atoms with van der Waals surface area (Å²) in [5.74, 6) is 0.680. The van der Waals surface area contributed by atoms with Crippen LogP contribution >= 0.6 is 27.5 Å². The second kappa shape index (κ2) is 6.96. The van der Waals surface area contributed by atoms with Gasteiger partial charge in [0, 0.05) is 18.1 Å². The van der Waals surface area contributed by atoms with E-state index in [4.69, 9.17) is 16.3 Å². The summed E-state index contributed by atoms with van der Waals surface area (Å²) < 4.78 is 5.94. The van der Waals surface area contributed by atoms with Crippen LogP contribution in [0, 0.1) is 0 Å². The van der Waals surface area contributed by atoms with Gasteiger partial charge in [0.15, 0.2) is 0 Å². The molecule has 0 unspecified atom stereocenters. The zero-order valence-electron chi connectivity index (χ0n) is 11.8. The molecule has 0 radical (unpaired) electrons. The molecular weight excluding hydrogens is 354 g/mol. The third-order valence-electron chi connectivity index (χ3n) is 3.08. The Morgan fingerprint density at radius 3 is 2.52 bits per heavy atom. The molecule has 1 amide bonds. The van der Waals surface area contributed by atoms with Gasteiger partial charge in [-0.2, -0.15) is 0 Å². The Balaban J connectivity index is 2.13. The molecule has 110 valence electrons. The fraction of sp³-hybridized carbons (Fsp3) is 0.188. The summed E-state index contributed by atoms with van der Waals surface area (Å²) in [6, 6.07) is 12.9. The van der Waals surface area contributed by atoms with Crippen LogP contribution in [0.25, 0.3) is 0 Å². The predicted molar refractivity (Wildman–Crippen MR) is 87.9 cm³/mol. The third-order valence-corrected chi connectivity index (χ3v) is 3.91. The Morgan fingerprint density at radius 1 is 1.24 bits per heavy atom. The highest BCUT2D eigenvalue weighted by molar-refractivity contribution is 9.10. The van der Waals surface area contributed by atoms with E-state index in [0.29, 0.717) is 17.1 Å². The van der Waals surface area contributed by atoms with E-state index in [9.17, 15) is 4.79 Å². The molecule has 0 heterocycles. The van der Waals surface area contributed by atoms with Crippen molar-refractivity contribution in [3.63, 3.8) is 0 Å². The topological polar surface area (TPSA) is 29.5 Å². The van der Waals surface area contributed by atoms with Crippen LogP contribution in [-0.4, -0.2) is 25.0 Å². The highest BCUT2D eigenvalue weighted by atomic mass is 79.9. The van der Waals surface area contributed by atoms with Crippen molar-refractivity contribution in [3.8, 4) is 5.75 Å². The summed E-state index contributed by atoms with van der Waals surface area (Å²) in [6.45, 7) is 0.506. The van der Waals surface area contributed by atoms with Crippen LogP contribution in [0.2, 0.25) is 5.02 Å². The van der Waals surface area contributed by atoms with Gasteiger partial charge in [-0.05, 0) is 35.9 Å². The minimum absolute atomic E-state index is 0.114. The molecule has 0 aliphatic rings. The largest absolute Gasteiger partial charge is 0.497 e. The van der Waals surface area contributed by atoms with E-state index in [1.807, 2.05) is 30.3 Å². The van der Waals surface area contributed by atoms with Gasteiger partial charge in [-0.1, -0.05) is 39.7 Å². The van der Waals surface area contributed by atoms with E-state index in [-0.39, 0.29) is 5.91 Å². The van der Waals surface area contributed by atoms with E-state index in [0.717, 1.165) is 15.8 Å². The number of amides is 1. The average molecular weight is 369 g/mol. The van der Waals surface area contributed by atoms with Crippen molar-refractivity contribution in [1.82, 2.24) is 4.90 Å². The molecule has 21 heavy (non-hydrogen) atoms. The molecule has 5 heteroatoms. The van der Waals surface area contributed by atoms with Crippen LogP contribution in [-0.2, 0) is 6.54 Å². The number of carbonyl (C=O) groups is 1. The normalized spacial score (nSPS) is 10.3. The number of rotatable bonds is 4. The lowest BCUT2D eigenvalue weighted by atomic mass is 10.1. The Bertz CT molecular complexity index is 643. The Labute approximate surface area is 137 Å². The van der Waals surface area contributed by atoms with Gasteiger partial charge in [-0.25, -0.2) is 0 Å². The molecule has 0 saturated carbocycles. The number of benzene rings is 2. The van der Waals surface area contributed by atoms with Crippen LogP contribution in [0.5, 0.6) is 5.75 Å². The van der Waals surface area contributed by atoms with E-state index >= 15 is 0 Å². The molecule has 0 spiro atoms. The maximum Gasteiger partial charge on any atom is 0.255 e. The molecule has 0 aliphatic heterocycles. The van der Waals surface area contributed by atoms with Crippen LogP contribution in [0.4, 0.5) is 0 Å². The summed E-state index contributed by atoms with van der Waals surface area (Å²) in [6.07, 6.45) is 0. The van der Waals surface area contributed by atoms with Gasteiger partial charge in [0.05, 0.1) is 17.7 Å². The maximum absolute atomic E-state index is 12.4. The monoisotopic (exact) mass is 367 g/mol. The van der Waals surface area contributed by atoms with Crippen molar-refractivity contribution < 1.29 is 9.53 Å². The average Bonchev–Trinajstić information content (AvgIpc) is 2.49. The lowest BCUT2D eigenvalue weighted by Crippen LogP contribution is -2.26. The summed E-state index contributed by atoms with van der Waals surface area (Å²) in [4.78, 5) is 14.1. The summed E-state index contributed by atoms with van der Waals surface area (Å²) in [5.41, 5.74) is 1.51. The van der Waals surface area contributed by atoms with Gasteiger partial charge in [0.1, 0.15) is 5.75 Å². The lowest BCUT2D eigenvalue weighted by Gasteiger charge is -2.18. The van der Waals surface area contributed by atoms with Crippen molar-refractivity contribution in [2.75, 3.05) is 14.2 Å². The quantitative estimate of drug-likeness (QED) is 0.801. The highest BCUT2D eigenvalue weighted by Gasteiger charge is 2.15. The molecule has 3 nitrogen and oxygen atoms in total. The first kappa shape index (κ1) is 15.9. The molecule has 0 N–H and O–H groups in total. The molecule has 0 fully saturated rings. The van der Waals surface area contributed by atoms with Gasteiger partial charge in [-0.3, -0.25) is 4.79 Å². The Morgan fingerprint density at radius 2 is 1.90 bits per heavy atom. The van der Waals surface area contributed by atoms with Crippen molar-refractivity contribution >= 4 is 33.4 Å². The summed E-state index contributed by atoms with van der Waals surface area (Å²) in [7, 11) is 3.38. The summed E-state index contributed by atoms with van der Waals surface area (Å²) >= 11 is 9.45. The van der Waals surface area contributed by atoms with Crippen LogP contribution < -0.4 is 4.74 Å². The zero-order valence-corrected chi connectivity index (χ0v) is 14.1. The SMILES string of the molecule is COc1ccc(CN(C)C(=O)c2cc(Br)ccc2Cl)cc1. The van der Waals surface area contributed by atoms with Crippen LogP contribution in [0.1, 0.15) is 15.9 Å². The maximum atomic E-state index is 12.4. The minimum atomic E-state index is -0.114. The summed E-state index contributed by atoms with van der Waals surface area (Å²) in [5, 5.41) is 0.449. The van der Waals surface area contributed by atoms with Gasteiger partial charge in [0.25, 0.3) is 5.91 Å².